The van der Waals surface area contributed by atoms with E-state index in [1.165, 1.54) is 0 Å². The maximum absolute atomic E-state index is 12.9. The number of anilines is 1. The fraction of sp³-hybridized carbons (Fsp3) is 0.273. The summed E-state index contributed by atoms with van der Waals surface area (Å²) in [6, 6.07) is 12.0. The Morgan fingerprint density at radius 1 is 0.931 bits per heavy atom. The molecule has 152 valence electrons. The lowest BCUT2D eigenvalue weighted by atomic mass is 10.1. The van der Waals surface area contributed by atoms with Gasteiger partial charge in [-0.2, -0.15) is 0 Å². The summed E-state index contributed by atoms with van der Waals surface area (Å²) in [5.41, 5.74) is 1.11. The van der Waals surface area contributed by atoms with Crippen molar-refractivity contribution < 1.29 is 28.2 Å². The number of esters is 1. The normalized spacial score (nSPS) is 10.6. The second-order valence-electron chi connectivity index (χ2n) is 6.00. The van der Waals surface area contributed by atoms with E-state index >= 15 is 0 Å². The van der Waals surface area contributed by atoms with Gasteiger partial charge in [-0.3, -0.25) is 4.79 Å². The molecule has 0 aliphatic carbocycles. The molecular formula is C22H23NO6. The predicted octanol–water partition coefficient (Wildman–Crippen LogP) is 4.66. The number of nitrogens with one attached hydrogen (secondary N) is 1. The van der Waals surface area contributed by atoms with Crippen LogP contribution in [-0.2, 0) is 4.74 Å². The van der Waals surface area contributed by atoms with Gasteiger partial charge < -0.3 is 23.9 Å². The van der Waals surface area contributed by atoms with E-state index in [-0.39, 0.29) is 18.1 Å². The zero-order chi connectivity index (χ0) is 20.8. The highest BCUT2D eigenvalue weighted by molar-refractivity contribution is 6.13. The number of carbonyl (C=O) groups is 2. The molecule has 0 saturated heterocycles. The van der Waals surface area contributed by atoms with Gasteiger partial charge in [0.05, 0.1) is 19.8 Å². The lowest BCUT2D eigenvalue weighted by Crippen LogP contribution is -2.15. The molecule has 7 heteroatoms. The lowest BCUT2D eigenvalue weighted by Gasteiger charge is -2.12. The van der Waals surface area contributed by atoms with Crippen molar-refractivity contribution in [2.24, 2.45) is 0 Å². The minimum atomic E-state index is -0.638. The van der Waals surface area contributed by atoms with Crippen LogP contribution in [-0.4, -0.2) is 31.7 Å². The highest BCUT2D eigenvalue weighted by Crippen LogP contribution is 2.33. The fourth-order valence-corrected chi connectivity index (χ4v) is 2.89. The van der Waals surface area contributed by atoms with E-state index in [9.17, 15) is 9.59 Å². The van der Waals surface area contributed by atoms with E-state index in [0.29, 0.717) is 41.2 Å². The van der Waals surface area contributed by atoms with Gasteiger partial charge in [-0.25, -0.2) is 4.79 Å². The summed E-state index contributed by atoms with van der Waals surface area (Å²) < 4.78 is 21.8. The summed E-state index contributed by atoms with van der Waals surface area (Å²) in [6.07, 6.45) is 0. The summed E-state index contributed by atoms with van der Waals surface area (Å²) in [6.45, 7) is 6.54. The maximum Gasteiger partial charge on any atom is 0.376 e. The van der Waals surface area contributed by atoms with E-state index < -0.39 is 11.9 Å². The van der Waals surface area contributed by atoms with E-state index in [4.69, 9.17) is 18.6 Å². The first kappa shape index (κ1) is 20.3. The number of amides is 1. The lowest BCUT2D eigenvalue weighted by molar-refractivity contribution is 0.0494. The van der Waals surface area contributed by atoms with Crippen molar-refractivity contribution >= 4 is 28.5 Å². The number of para-hydroxylation sites is 1. The van der Waals surface area contributed by atoms with Crippen molar-refractivity contribution in [2.75, 3.05) is 25.1 Å². The summed E-state index contributed by atoms with van der Waals surface area (Å²) in [7, 11) is 0. The molecule has 1 amide bonds. The molecule has 0 fully saturated rings. The Balaban J connectivity index is 1.96. The molecule has 7 nitrogen and oxygen atoms in total. The van der Waals surface area contributed by atoms with E-state index in [1.807, 2.05) is 13.8 Å². The molecule has 0 aliphatic heterocycles. The number of carbonyl (C=O) groups excluding carboxylic acids is 2. The van der Waals surface area contributed by atoms with Gasteiger partial charge in [0.2, 0.25) is 5.76 Å². The van der Waals surface area contributed by atoms with Crippen LogP contribution in [0.1, 0.15) is 41.7 Å². The van der Waals surface area contributed by atoms with Crippen molar-refractivity contribution in [3.05, 3.63) is 53.8 Å². The molecule has 1 N–H and O–H groups in total. The van der Waals surface area contributed by atoms with Crippen LogP contribution in [0.2, 0.25) is 0 Å². The minimum Gasteiger partial charge on any atom is -0.490 e. The van der Waals surface area contributed by atoms with Gasteiger partial charge in [0, 0.05) is 10.9 Å². The Labute approximate surface area is 168 Å². The Morgan fingerprint density at radius 2 is 1.66 bits per heavy atom. The number of hydrogen-bond donors (Lipinski definition) is 1. The van der Waals surface area contributed by atoms with Crippen LogP contribution in [0.5, 0.6) is 11.5 Å². The number of ether oxygens (including phenoxy) is 3. The Morgan fingerprint density at radius 3 is 2.38 bits per heavy atom. The average Bonchev–Trinajstić information content (AvgIpc) is 3.08. The third-order valence-electron chi connectivity index (χ3n) is 4.10. The second kappa shape index (κ2) is 9.14. The van der Waals surface area contributed by atoms with Crippen LogP contribution in [0.3, 0.4) is 0 Å². The smallest absolute Gasteiger partial charge is 0.376 e. The summed E-state index contributed by atoms with van der Waals surface area (Å²) in [5.74, 6) is -0.0549. The van der Waals surface area contributed by atoms with Gasteiger partial charge in [-0.05, 0) is 51.1 Å². The first-order valence-corrected chi connectivity index (χ1v) is 9.48. The first-order valence-electron chi connectivity index (χ1n) is 9.48. The Hall–Kier alpha value is -3.48. The summed E-state index contributed by atoms with van der Waals surface area (Å²) >= 11 is 0. The topological polar surface area (TPSA) is 87.0 Å². The molecule has 0 unspecified atom stereocenters. The summed E-state index contributed by atoms with van der Waals surface area (Å²) in [4.78, 5) is 25.2. The number of hydrogen-bond acceptors (Lipinski definition) is 6. The van der Waals surface area contributed by atoms with Crippen LogP contribution in [0.15, 0.2) is 46.9 Å². The zero-order valence-corrected chi connectivity index (χ0v) is 16.6. The van der Waals surface area contributed by atoms with Crippen molar-refractivity contribution in [1.29, 1.82) is 0 Å². The predicted molar refractivity (Wildman–Crippen MR) is 109 cm³/mol. The molecule has 29 heavy (non-hydrogen) atoms. The number of rotatable bonds is 8. The van der Waals surface area contributed by atoms with Crippen molar-refractivity contribution in [1.82, 2.24) is 0 Å². The van der Waals surface area contributed by atoms with Gasteiger partial charge in [0.25, 0.3) is 5.91 Å². The quantitative estimate of drug-likeness (QED) is 0.556. The van der Waals surface area contributed by atoms with Crippen LogP contribution in [0, 0.1) is 0 Å². The third kappa shape index (κ3) is 4.34. The number of benzene rings is 2. The molecule has 1 heterocycles. The van der Waals surface area contributed by atoms with Gasteiger partial charge in [0.1, 0.15) is 11.3 Å². The second-order valence-corrected chi connectivity index (χ2v) is 6.00. The van der Waals surface area contributed by atoms with Crippen LogP contribution < -0.4 is 14.8 Å². The van der Waals surface area contributed by atoms with E-state index in [0.717, 1.165) is 0 Å². The van der Waals surface area contributed by atoms with Crippen molar-refractivity contribution in [3.63, 3.8) is 0 Å². The minimum absolute atomic E-state index is 0.0441. The standard InChI is InChI=1S/C22H23NO6/c1-4-26-17-12-11-14(13-18(17)27-5-2)21(24)23-19-15-9-7-8-10-16(15)29-20(19)22(25)28-6-3/h7-13H,4-6H2,1-3H3,(H,23,24). The molecule has 2 aromatic carbocycles. The van der Waals surface area contributed by atoms with Gasteiger partial charge in [-0.1, -0.05) is 12.1 Å². The Bertz CT molecular complexity index is 1020. The third-order valence-corrected chi connectivity index (χ3v) is 4.10. The fourth-order valence-electron chi connectivity index (χ4n) is 2.89. The van der Waals surface area contributed by atoms with Gasteiger partial charge in [0.15, 0.2) is 11.5 Å². The molecule has 0 saturated carbocycles. The number of fused-ring (bicyclic) bond motifs is 1. The molecule has 3 aromatic rings. The number of furan rings is 1. The summed E-state index contributed by atoms with van der Waals surface area (Å²) in [5, 5.41) is 3.39. The van der Waals surface area contributed by atoms with Crippen molar-refractivity contribution in [2.45, 2.75) is 20.8 Å². The van der Waals surface area contributed by atoms with E-state index in [2.05, 4.69) is 5.32 Å². The first-order chi connectivity index (χ1) is 14.1. The van der Waals surface area contributed by atoms with Gasteiger partial charge in [-0.15, -0.1) is 0 Å². The van der Waals surface area contributed by atoms with Crippen LogP contribution >= 0.6 is 0 Å². The average molecular weight is 397 g/mol. The molecule has 0 spiro atoms. The molecule has 0 atom stereocenters. The van der Waals surface area contributed by atoms with Crippen LogP contribution in [0.25, 0.3) is 11.0 Å². The Kier molecular flexibility index (Phi) is 6.39. The van der Waals surface area contributed by atoms with Crippen LogP contribution in [0.4, 0.5) is 5.69 Å². The van der Waals surface area contributed by atoms with Crippen molar-refractivity contribution in [3.8, 4) is 11.5 Å². The molecule has 0 bridgehead atoms. The SMILES string of the molecule is CCOC(=O)c1oc2ccccc2c1NC(=O)c1ccc(OCC)c(OCC)c1. The molecule has 0 aliphatic rings. The molecular weight excluding hydrogens is 374 g/mol. The molecule has 1 aromatic heterocycles. The van der Waals surface area contributed by atoms with E-state index in [1.54, 1.807) is 49.4 Å². The molecule has 3 rings (SSSR count). The zero-order valence-electron chi connectivity index (χ0n) is 16.6. The highest BCUT2D eigenvalue weighted by Gasteiger charge is 2.24. The largest absolute Gasteiger partial charge is 0.490 e. The monoisotopic (exact) mass is 397 g/mol. The highest BCUT2D eigenvalue weighted by atomic mass is 16.5. The van der Waals surface area contributed by atoms with Gasteiger partial charge >= 0.3 is 5.97 Å². The molecule has 0 radical (unpaired) electrons. The maximum atomic E-state index is 12.9.